The molecule has 1 aromatic rings. The van der Waals surface area contributed by atoms with Crippen LogP contribution in [0.3, 0.4) is 0 Å². The molecule has 0 atom stereocenters. The molecule has 1 rings (SSSR count). The zero-order valence-electron chi connectivity index (χ0n) is 11.8. The molecule has 0 N–H and O–H groups in total. The summed E-state index contributed by atoms with van der Waals surface area (Å²) in [5, 5.41) is 0. The molecule has 7 heteroatoms. The number of ether oxygens (including phenoxy) is 1. The van der Waals surface area contributed by atoms with Crippen LogP contribution in [0.25, 0.3) is 0 Å². The van der Waals surface area contributed by atoms with Crippen LogP contribution in [0.1, 0.15) is 24.2 Å². The highest BCUT2D eigenvalue weighted by atomic mass is 35.5. The number of nitrogens with zero attached hydrogens (tertiary/aromatic N) is 1. The minimum atomic E-state index is -4.46. The Balaban J connectivity index is 2.92. The molecule has 3 nitrogen and oxygen atoms in total. The zero-order valence-corrected chi connectivity index (χ0v) is 12.5. The molecule has 0 heterocycles. The molecule has 0 aliphatic heterocycles. The predicted octanol–water partition coefficient (Wildman–Crippen LogP) is 3.72. The number of rotatable bonds is 6. The maximum atomic E-state index is 12.5. The van der Waals surface area contributed by atoms with Gasteiger partial charge in [0.2, 0.25) is 0 Å². The normalized spacial score (nSPS) is 11.6. The number of benzene rings is 1. The second-order valence-corrected chi connectivity index (χ2v) is 5.10. The highest BCUT2D eigenvalue weighted by molar-refractivity contribution is 6.18. The first-order valence-electron chi connectivity index (χ1n) is 6.41. The molecule has 0 bridgehead atoms. The van der Waals surface area contributed by atoms with Gasteiger partial charge in [0.15, 0.2) is 0 Å². The number of hydrogen-bond donors (Lipinski definition) is 0. The maximum Gasteiger partial charge on any atom is 0.406 e. The van der Waals surface area contributed by atoms with Crippen molar-refractivity contribution in [2.45, 2.75) is 26.1 Å². The van der Waals surface area contributed by atoms with E-state index in [2.05, 4.69) is 0 Å². The number of halogens is 4. The van der Waals surface area contributed by atoms with Crippen molar-refractivity contribution in [2.75, 3.05) is 19.0 Å². The van der Waals surface area contributed by atoms with E-state index in [0.29, 0.717) is 10.6 Å². The summed E-state index contributed by atoms with van der Waals surface area (Å²) in [7, 11) is 0. The summed E-state index contributed by atoms with van der Waals surface area (Å²) in [6.45, 7) is 2.14. The quantitative estimate of drug-likeness (QED) is 0.747. The fraction of sp³-hybridized carbons (Fsp3) is 0.500. The summed E-state index contributed by atoms with van der Waals surface area (Å²) in [6.07, 6.45) is -4.56. The van der Waals surface area contributed by atoms with Crippen LogP contribution in [-0.4, -0.2) is 42.1 Å². The lowest BCUT2D eigenvalue weighted by Gasteiger charge is -2.23. The van der Waals surface area contributed by atoms with Crippen LogP contribution < -0.4 is 4.74 Å². The molecule has 21 heavy (non-hydrogen) atoms. The Morgan fingerprint density at radius 3 is 2.57 bits per heavy atom. The van der Waals surface area contributed by atoms with Gasteiger partial charge in [0.05, 0.1) is 6.10 Å². The SMILES string of the molecule is CC(C)Oc1cccc(C(=O)N(CCCl)CC(F)(F)F)c1. The number of alkyl halides is 4. The smallest absolute Gasteiger partial charge is 0.406 e. The van der Waals surface area contributed by atoms with Gasteiger partial charge >= 0.3 is 6.18 Å². The molecule has 118 valence electrons. The molecule has 0 saturated heterocycles. The number of amides is 1. The lowest BCUT2D eigenvalue weighted by Crippen LogP contribution is -2.40. The Bertz CT molecular complexity index is 478. The Kier molecular flexibility index (Phi) is 6.33. The van der Waals surface area contributed by atoms with Gasteiger partial charge in [0.1, 0.15) is 12.3 Å². The third-order valence-electron chi connectivity index (χ3n) is 2.46. The van der Waals surface area contributed by atoms with Crippen LogP contribution in [-0.2, 0) is 0 Å². The second kappa shape index (κ2) is 7.54. The lowest BCUT2D eigenvalue weighted by atomic mass is 10.2. The monoisotopic (exact) mass is 323 g/mol. The first kappa shape index (κ1) is 17.6. The number of hydrogen-bond acceptors (Lipinski definition) is 2. The van der Waals surface area contributed by atoms with E-state index in [9.17, 15) is 18.0 Å². The van der Waals surface area contributed by atoms with Crippen molar-refractivity contribution in [3.8, 4) is 5.75 Å². The van der Waals surface area contributed by atoms with Gasteiger partial charge in [0, 0.05) is 18.0 Å². The summed E-state index contributed by atoms with van der Waals surface area (Å²) in [4.78, 5) is 12.8. The Hall–Kier alpha value is -1.43. The van der Waals surface area contributed by atoms with Gasteiger partial charge in [-0.15, -0.1) is 11.6 Å². The van der Waals surface area contributed by atoms with Gasteiger partial charge in [-0.05, 0) is 32.0 Å². The molecule has 1 amide bonds. The highest BCUT2D eigenvalue weighted by Crippen LogP contribution is 2.20. The van der Waals surface area contributed by atoms with Gasteiger partial charge in [-0.3, -0.25) is 4.79 Å². The van der Waals surface area contributed by atoms with Gasteiger partial charge in [-0.25, -0.2) is 0 Å². The molecular formula is C14H17ClF3NO2. The van der Waals surface area contributed by atoms with Crippen molar-refractivity contribution >= 4 is 17.5 Å². The van der Waals surface area contributed by atoms with Crippen molar-refractivity contribution in [3.05, 3.63) is 29.8 Å². The topological polar surface area (TPSA) is 29.5 Å². The van der Waals surface area contributed by atoms with E-state index in [1.54, 1.807) is 12.1 Å². The first-order chi connectivity index (χ1) is 9.73. The van der Waals surface area contributed by atoms with Gasteiger partial charge in [0.25, 0.3) is 5.91 Å². The Morgan fingerprint density at radius 2 is 2.05 bits per heavy atom. The van der Waals surface area contributed by atoms with Gasteiger partial charge < -0.3 is 9.64 Å². The Labute approximate surface area is 126 Å². The summed E-state index contributed by atoms with van der Waals surface area (Å²) in [5.41, 5.74) is 0.141. The van der Waals surface area contributed by atoms with Crippen LogP contribution in [0, 0.1) is 0 Å². The maximum absolute atomic E-state index is 12.5. The van der Waals surface area contributed by atoms with Crippen molar-refractivity contribution in [2.24, 2.45) is 0 Å². The third-order valence-corrected chi connectivity index (χ3v) is 2.63. The molecule has 1 aromatic carbocycles. The third kappa shape index (κ3) is 6.25. The molecule has 0 aliphatic carbocycles. The number of carbonyl (C=O) groups excluding carboxylic acids is 1. The van der Waals surface area contributed by atoms with Crippen LogP contribution in [0.4, 0.5) is 13.2 Å². The fourth-order valence-corrected chi connectivity index (χ4v) is 1.93. The van der Waals surface area contributed by atoms with Crippen molar-refractivity contribution < 1.29 is 22.7 Å². The standard InChI is InChI=1S/C14H17ClF3NO2/c1-10(2)21-12-5-3-4-11(8-12)13(20)19(7-6-15)9-14(16,17)18/h3-5,8,10H,6-7,9H2,1-2H3. The van der Waals surface area contributed by atoms with E-state index < -0.39 is 18.6 Å². The minimum absolute atomic E-state index is 0.0655. The summed E-state index contributed by atoms with van der Waals surface area (Å²) in [6, 6.07) is 6.09. The summed E-state index contributed by atoms with van der Waals surface area (Å²) in [5.74, 6) is -0.347. The lowest BCUT2D eigenvalue weighted by molar-refractivity contribution is -0.140. The average Bonchev–Trinajstić information content (AvgIpc) is 2.35. The molecule has 0 aliphatic rings. The second-order valence-electron chi connectivity index (χ2n) is 4.73. The molecular weight excluding hydrogens is 307 g/mol. The molecule has 0 fully saturated rings. The van der Waals surface area contributed by atoms with Crippen molar-refractivity contribution in [1.82, 2.24) is 4.90 Å². The fourth-order valence-electron chi connectivity index (χ4n) is 1.73. The largest absolute Gasteiger partial charge is 0.491 e. The molecule has 0 saturated carbocycles. The van der Waals surface area contributed by atoms with E-state index in [1.165, 1.54) is 12.1 Å². The molecule has 0 unspecified atom stereocenters. The van der Waals surface area contributed by atoms with Crippen LogP contribution in [0.2, 0.25) is 0 Å². The van der Waals surface area contributed by atoms with Crippen LogP contribution >= 0.6 is 11.6 Å². The summed E-state index contributed by atoms with van der Waals surface area (Å²) >= 11 is 5.47. The van der Waals surface area contributed by atoms with Crippen LogP contribution in [0.5, 0.6) is 5.75 Å². The van der Waals surface area contributed by atoms with Gasteiger partial charge in [-0.2, -0.15) is 13.2 Å². The zero-order chi connectivity index (χ0) is 16.0. The summed E-state index contributed by atoms with van der Waals surface area (Å²) < 4.78 is 42.9. The van der Waals surface area contributed by atoms with Gasteiger partial charge in [-0.1, -0.05) is 6.07 Å². The number of carbonyl (C=O) groups is 1. The molecule has 0 aromatic heterocycles. The average molecular weight is 324 g/mol. The van der Waals surface area contributed by atoms with E-state index >= 15 is 0 Å². The van der Waals surface area contributed by atoms with E-state index in [1.807, 2.05) is 13.8 Å². The van der Waals surface area contributed by atoms with E-state index in [4.69, 9.17) is 16.3 Å². The molecule has 0 radical (unpaired) electrons. The Morgan fingerprint density at radius 1 is 1.38 bits per heavy atom. The minimum Gasteiger partial charge on any atom is -0.491 e. The highest BCUT2D eigenvalue weighted by Gasteiger charge is 2.33. The first-order valence-corrected chi connectivity index (χ1v) is 6.95. The van der Waals surface area contributed by atoms with Crippen LogP contribution in [0.15, 0.2) is 24.3 Å². The predicted molar refractivity (Wildman–Crippen MR) is 74.9 cm³/mol. The van der Waals surface area contributed by atoms with Crippen molar-refractivity contribution in [3.63, 3.8) is 0 Å². The van der Waals surface area contributed by atoms with E-state index in [-0.39, 0.29) is 24.1 Å². The molecule has 0 spiro atoms. The van der Waals surface area contributed by atoms with E-state index in [0.717, 1.165) is 0 Å². The van der Waals surface area contributed by atoms with Crippen molar-refractivity contribution in [1.29, 1.82) is 0 Å².